The maximum Gasteiger partial charge on any atom is 0.255 e. The third kappa shape index (κ3) is 3.93. The molecule has 5 nitrogen and oxygen atoms in total. The van der Waals surface area contributed by atoms with Crippen LogP contribution in [0.15, 0.2) is 42.5 Å². The summed E-state index contributed by atoms with van der Waals surface area (Å²) in [4.78, 5) is 12.4. The summed E-state index contributed by atoms with van der Waals surface area (Å²) in [7, 11) is -3.43. The highest BCUT2D eigenvalue weighted by molar-refractivity contribution is 7.92. The van der Waals surface area contributed by atoms with E-state index in [2.05, 4.69) is 5.32 Å². The summed E-state index contributed by atoms with van der Waals surface area (Å²) in [6.07, 6.45) is 1.35. The molecule has 0 atom stereocenters. The van der Waals surface area contributed by atoms with Crippen LogP contribution in [-0.2, 0) is 10.0 Å². The van der Waals surface area contributed by atoms with Gasteiger partial charge >= 0.3 is 0 Å². The highest BCUT2D eigenvalue weighted by Gasteiger charge is 2.28. The van der Waals surface area contributed by atoms with E-state index in [1.165, 1.54) is 46.8 Å². The van der Waals surface area contributed by atoms with Gasteiger partial charge in [0.15, 0.2) is 0 Å². The molecular formula is C17H16ClFN2O3S. The van der Waals surface area contributed by atoms with Crippen LogP contribution in [0.5, 0.6) is 0 Å². The third-order valence-electron chi connectivity index (χ3n) is 3.93. The maximum atomic E-state index is 12.9. The summed E-state index contributed by atoms with van der Waals surface area (Å²) in [5.74, 6) is -0.768. The fourth-order valence-corrected chi connectivity index (χ4v) is 4.56. The standard InChI is InChI=1S/C17H16ClFN2O3S/c18-15-8-3-12(17(22)20-14-6-4-13(19)5-7-14)11-16(15)21-9-1-2-10-25(21,23)24/h3-8,11H,1-2,9-10H2,(H,20,22). The Balaban J connectivity index is 1.88. The lowest BCUT2D eigenvalue weighted by Crippen LogP contribution is -2.38. The molecule has 1 N–H and O–H groups in total. The minimum atomic E-state index is -3.43. The second-order valence-electron chi connectivity index (χ2n) is 5.72. The van der Waals surface area contributed by atoms with Crippen LogP contribution in [0.4, 0.5) is 15.8 Å². The van der Waals surface area contributed by atoms with Gasteiger partial charge in [-0.2, -0.15) is 0 Å². The zero-order valence-corrected chi connectivity index (χ0v) is 14.8. The Morgan fingerprint density at radius 3 is 2.52 bits per heavy atom. The number of nitrogens with one attached hydrogen (secondary N) is 1. The van der Waals surface area contributed by atoms with Gasteiger partial charge in [-0.25, -0.2) is 12.8 Å². The number of sulfonamides is 1. The molecule has 1 aliphatic rings. The number of anilines is 2. The second kappa shape index (κ2) is 7.01. The Labute approximate surface area is 150 Å². The molecule has 1 saturated heterocycles. The Morgan fingerprint density at radius 1 is 1.12 bits per heavy atom. The van der Waals surface area contributed by atoms with Crippen molar-refractivity contribution in [1.82, 2.24) is 0 Å². The minimum Gasteiger partial charge on any atom is -0.322 e. The molecule has 1 amide bonds. The van der Waals surface area contributed by atoms with Gasteiger partial charge in [-0.1, -0.05) is 11.6 Å². The molecule has 1 heterocycles. The predicted molar refractivity (Wildman–Crippen MR) is 96.2 cm³/mol. The molecule has 0 unspecified atom stereocenters. The average Bonchev–Trinajstić information content (AvgIpc) is 2.57. The fraction of sp³-hybridized carbons (Fsp3) is 0.235. The first kappa shape index (κ1) is 17.7. The SMILES string of the molecule is O=C(Nc1ccc(F)cc1)c1ccc(Cl)c(N2CCCCS2(=O)=O)c1. The van der Waals surface area contributed by atoms with E-state index in [0.717, 1.165) is 6.42 Å². The van der Waals surface area contributed by atoms with Crippen LogP contribution in [0.1, 0.15) is 23.2 Å². The molecule has 1 aliphatic heterocycles. The number of rotatable bonds is 3. The summed E-state index contributed by atoms with van der Waals surface area (Å²) in [5.41, 5.74) is 1.01. The van der Waals surface area contributed by atoms with E-state index in [-0.39, 0.29) is 16.3 Å². The quantitative estimate of drug-likeness (QED) is 0.880. The number of amides is 1. The molecule has 0 bridgehead atoms. The molecule has 2 aromatic rings. The van der Waals surface area contributed by atoms with Crippen molar-refractivity contribution in [3.63, 3.8) is 0 Å². The topological polar surface area (TPSA) is 66.5 Å². The van der Waals surface area contributed by atoms with Crippen LogP contribution < -0.4 is 9.62 Å². The second-order valence-corrected chi connectivity index (χ2v) is 8.14. The fourth-order valence-electron chi connectivity index (χ4n) is 2.64. The molecule has 25 heavy (non-hydrogen) atoms. The summed E-state index contributed by atoms with van der Waals surface area (Å²) >= 11 is 6.16. The maximum absolute atomic E-state index is 12.9. The van der Waals surface area contributed by atoms with Crippen molar-refractivity contribution in [2.75, 3.05) is 21.9 Å². The van der Waals surface area contributed by atoms with E-state index in [1.807, 2.05) is 0 Å². The number of carbonyl (C=O) groups excluding carboxylic acids is 1. The van der Waals surface area contributed by atoms with Gasteiger partial charge in [-0.3, -0.25) is 9.10 Å². The average molecular weight is 383 g/mol. The van der Waals surface area contributed by atoms with Crippen molar-refractivity contribution in [3.05, 3.63) is 58.9 Å². The first-order chi connectivity index (χ1) is 11.9. The van der Waals surface area contributed by atoms with Gasteiger partial charge in [0.1, 0.15) is 5.82 Å². The zero-order valence-electron chi connectivity index (χ0n) is 13.2. The summed E-state index contributed by atoms with van der Waals surface area (Å²) < 4.78 is 38.7. The van der Waals surface area contributed by atoms with Crippen molar-refractivity contribution in [2.45, 2.75) is 12.8 Å². The highest BCUT2D eigenvalue weighted by Crippen LogP contribution is 2.31. The molecule has 0 spiro atoms. The van der Waals surface area contributed by atoms with Gasteiger partial charge in [0, 0.05) is 17.8 Å². The molecule has 0 aromatic heterocycles. The first-order valence-electron chi connectivity index (χ1n) is 7.74. The van der Waals surface area contributed by atoms with E-state index in [4.69, 9.17) is 11.6 Å². The number of benzene rings is 2. The van der Waals surface area contributed by atoms with Gasteiger partial charge in [0.05, 0.1) is 16.5 Å². The minimum absolute atomic E-state index is 0.0648. The van der Waals surface area contributed by atoms with Crippen LogP contribution in [-0.4, -0.2) is 26.6 Å². The van der Waals surface area contributed by atoms with E-state index in [0.29, 0.717) is 24.3 Å². The first-order valence-corrected chi connectivity index (χ1v) is 9.72. The van der Waals surface area contributed by atoms with Crippen LogP contribution in [0.3, 0.4) is 0 Å². The van der Waals surface area contributed by atoms with Gasteiger partial charge in [-0.05, 0) is 55.3 Å². The molecule has 3 rings (SSSR count). The molecule has 0 aliphatic carbocycles. The molecule has 2 aromatic carbocycles. The monoisotopic (exact) mass is 382 g/mol. The molecule has 0 radical (unpaired) electrons. The normalized spacial score (nSPS) is 16.5. The molecular weight excluding hydrogens is 367 g/mol. The van der Waals surface area contributed by atoms with E-state index in [1.54, 1.807) is 0 Å². The number of hydrogen-bond acceptors (Lipinski definition) is 3. The molecule has 0 saturated carbocycles. The van der Waals surface area contributed by atoms with Crippen molar-refractivity contribution in [2.24, 2.45) is 0 Å². The zero-order chi connectivity index (χ0) is 18.0. The summed E-state index contributed by atoms with van der Waals surface area (Å²) in [6, 6.07) is 9.84. The Morgan fingerprint density at radius 2 is 1.84 bits per heavy atom. The Kier molecular flexibility index (Phi) is 4.96. The predicted octanol–water partition coefficient (Wildman–Crippen LogP) is 3.66. The van der Waals surface area contributed by atoms with Gasteiger partial charge in [0.25, 0.3) is 5.91 Å². The lowest BCUT2D eigenvalue weighted by Gasteiger charge is -2.29. The summed E-state index contributed by atoms with van der Waals surface area (Å²) in [5, 5.41) is 2.91. The van der Waals surface area contributed by atoms with Crippen LogP contribution in [0.2, 0.25) is 5.02 Å². The lowest BCUT2D eigenvalue weighted by molar-refractivity contribution is 0.102. The number of nitrogens with zero attached hydrogens (tertiary/aromatic N) is 1. The molecule has 132 valence electrons. The van der Waals surface area contributed by atoms with Crippen LogP contribution in [0, 0.1) is 5.82 Å². The van der Waals surface area contributed by atoms with Gasteiger partial charge < -0.3 is 5.32 Å². The van der Waals surface area contributed by atoms with Crippen molar-refractivity contribution < 1.29 is 17.6 Å². The number of carbonyl (C=O) groups is 1. The van der Waals surface area contributed by atoms with Crippen molar-refractivity contribution in [1.29, 1.82) is 0 Å². The van der Waals surface area contributed by atoms with E-state index in [9.17, 15) is 17.6 Å². The van der Waals surface area contributed by atoms with Crippen LogP contribution >= 0.6 is 11.6 Å². The molecule has 8 heteroatoms. The largest absolute Gasteiger partial charge is 0.322 e. The summed E-state index contributed by atoms with van der Waals surface area (Å²) in [6.45, 7) is 0.338. The van der Waals surface area contributed by atoms with Crippen LogP contribution in [0.25, 0.3) is 0 Å². The van der Waals surface area contributed by atoms with Gasteiger partial charge in [0.2, 0.25) is 10.0 Å². The Bertz CT molecular complexity index is 901. The van der Waals surface area contributed by atoms with Crippen molar-refractivity contribution in [3.8, 4) is 0 Å². The third-order valence-corrected chi connectivity index (χ3v) is 6.10. The van der Waals surface area contributed by atoms with Gasteiger partial charge in [-0.15, -0.1) is 0 Å². The molecule has 1 fully saturated rings. The van der Waals surface area contributed by atoms with E-state index < -0.39 is 21.7 Å². The smallest absolute Gasteiger partial charge is 0.255 e. The lowest BCUT2D eigenvalue weighted by atomic mass is 10.1. The van der Waals surface area contributed by atoms with E-state index >= 15 is 0 Å². The Hall–Kier alpha value is -2.12. The number of halogens is 2. The highest BCUT2D eigenvalue weighted by atomic mass is 35.5. The number of hydrogen-bond donors (Lipinski definition) is 1. The van der Waals surface area contributed by atoms with Crippen molar-refractivity contribution >= 4 is 38.9 Å².